The van der Waals surface area contributed by atoms with Crippen molar-refractivity contribution in [2.45, 2.75) is 50.5 Å². The number of hydrogen-bond donors (Lipinski definition) is 0. The van der Waals surface area contributed by atoms with Gasteiger partial charge in [-0.1, -0.05) is 121 Å². The molecule has 7 heteroatoms. The van der Waals surface area contributed by atoms with Gasteiger partial charge in [0, 0.05) is 12.8 Å². The van der Waals surface area contributed by atoms with E-state index in [1.165, 1.54) is 0 Å². The highest BCUT2D eigenvalue weighted by Crippen LogP contribution is 2.30. The van der Waals surface area contributed by atoms with Gasteiger partial charge in [-0.3, -0.25) is 0 Å². The van der Waals surface area contributed by atoms with Crippen molar-refractivity contribution in [3.8, 4) is 0 Å². The van der Waals surface area contributed by atoms with Crippen molar-refractivity contribution in [2.75, 3.05) is 0 Å². The molecule has 0 radical (unpaired) electrons. The molecule has 39 heavy (non-hydrogen) atoms. The maximum absolute atomic E-state index is 13.2. The normalized spacial score (nSPS) is 22.7. The first kappa shape index (κ1) is 27.2. The van der Waals surface area contributed by atoms with Crippen LogP contribution in [0, 0.1) is 0 Å². The molecule has 0 amide bonds. The standard InChI is InChI=1S/C32H32O6S/c33-39(34)37-29(21-25-13-5-1-6-14-25)31(35-23-27-17-9-3-10-18-27)32(36-24-28-19-11-4-12-20-28)30(38-39)22-26-15-7-2-8-16-26/h1-20,29-32H,21-24H2/t29-,30-,31-,32-/m1/s1. The number of ether oxygens (including phenoxy) is 2. The van der Waals surface area contributed by atoms with Crippen LogP contribution in [0.1, 0.15) is 22.3 Å². The predicted molar refractivity (Wildman–Crippen MR) is 149 cm³/mol. The van der Waals surface area contributed by atoms with Gasteiger partial charge in [-0.2, -0.15) is 8.42 Å². The average molecular weight is 545 g/mol. The highest BCUT2D eigenvalue weighted by Gasteiger charge is 2.46. The third-order valence-electron chi connectivity index (χ3n) is 6.67. The van der Waals surface area contributed by atoms with E-state index in [0.29, 0.717) is 12.8 Å². The van der Waals surface area contributed by atoms with Gasteiger partial charge in [0.25, 0.3) is 0 Å². The molecule has 1 aliphatic rings. The minimum Gasteiger partial charge on any atom is -0.368 e. The summed E-state index contributed by atoms with van der Waals surface area (Å²) in [5, 5.41) is 0. The summed E-state index contributed by atoms with van der Waals surface area (Å²) < 4.78 is 50.7. The van der Waals surface area contributed by atoms with Crippen LogP contribution in [0.5, 0.6) is 0 Å². The van der Waals surface area contributed by atoms with Gasteiger partial charge in [0.1, 0.15) is 24.4 Å². The second kappa shape index (κ2) is 13.2. The summed E-state index contributed by atoms with van der Waals surface area (Å²) in [4.78, 5) is 0. The monoisotopic (exact) mass is 544 g/mol. The topological polar surface area (TPSA) is 71.1 Å². The van der Waals surface area contributed by atoms with Gasteiger partial charge in [-0.25, -0.2) is 8.37 Å². The van der Waals surface area contributed by atoms with E-state index < -0.39 is 34.8 Å². The molecule has 4 aromatic carbocycles. The van der Waals surface area contributed by atoms with Crippen molar-refractivity contribution in [1.29, 1.82) is 0 Å². The summed E-state index contributed by atoms with van der Waals surface area (Å²) in [7, 11) is -4.35. The maximum Gasteiger partial charge on any atom is 0.400 e. The lowest BCUT2D eigenvalue weighted by Crippen LogP contribution is -2.48. The van der Waals surface area contributed by atoms with Gasteiger partial charge >= 0.3 is 10.4 Å². The Balaban J connectivity index is 1.51. The Hall–Kier alpha value is -3.33. The molecule has 0 unspecified atom stereocenters. The molecule has 0 N–H and O–H groups in total. The lowest BCUT2D eigenvalue weighted by molar-refractivity contribution is -0.140. The van der Waals surface area contributed by atoms with E-state index in [1.54, 1.807) is 0 Å². The summed E-state index contributed by atoms with van der Waals surface area (Å²) >= 11 is 0. The molecule has 0 saturated carbocycles. The van der Waals surface area contributed by atoms with E-state index >= 15 is 0 Å². The summed E-state index contributed by atoms with van der Waals surface area (Å²) in [5.74, 6) is 0. The number of rotatable bonds is 10. The predicted octanol–water partition coefficient (Wildman–Crippen LogP) is 5.67. The Morgan fingerprint density at radius 3 is 1.13 bits per heavy atom. The fraction of sp³-hybridized carbons (Fsp3) is 0.250. The largest absolute Gasteiger partial charge is 0.400 e. The van der Waals surface area contributed by atoms with Crippen LogP contribution in [0.4, 0.5) is 0 Å². The Morgan fingerprint density at radius 2 is 0.795 bits per heavy atom. The molecule has 1 fully saturated rings. The molecule has 5 rings (SSSR count). The zero-order chi connectivity index (χ0) is 26.9. The third kappa shape index (κ3) is 7.85. The van der Waals surface area contributed by atoms with Crippen LogP contribution in [0.25, 0.3) is 0 Å². The second-order valence-corrected chi connectivity index (χ2v) is 10.8. The second-order valence-electron chi connectivity index (χ2n) is 9.58. The van der Waals surface area contributed by atoms with Gasteiger partial charge in [-0.15, -0.1) is 0 Å². The molecule has 1 aliphatic heterocycles. The summed E-state index contributed by atoms with van der Waals surface area (Å²) in [6.45, 7) is 0.535. The van der Waals surface area contributed by atoms with Crippen molar-refractivity contribution in [1.82, 2.24) is 0 Å². The quantitative estimate of drug-likeness (QED) is 0.256. The molecule has 4 aromatic rings. The Morgan fingerprint density at radius 1 is 0.487 bits per heavy atom. The fourth-order valence-corrected chi connectivity index (χ4v) is 5.79. The van der Waals surface area contributed by atoms with Crippen molar-refractivity contribution >= 4 is 10.4 Å². The van der Waals surface area contributed by atoms with Crippen molar-refractivity contribution < 1.29 is 26.3 Å². The van der Waals surface area contributed by atoms with Crippen LogP contribution in [-0.4, -0.2) is 32.8 Å². The molecule has 6 nitrogen and oxygen atoms in total. The van der Waals surface area contributed by atoms with Gasteiger partial charge in [0.15, 0.2) is 0 Å². The highest BCUT2D eigenvalue weighted by atomic mass is 32.3. The Labute approximate surface area is 230 Å². The van der Waals surface area contributed by atoms with E-state index in [1.807, 2.05) is 121 Å². The SMILES string of the molecule is O=S1(=O)O[C@H](Cc2ccccc2)[C@@H](OCc2ccccc2)[C@H](OCc2ccccc2)[C@@H](Cc2ccccc2)O1. The van der Waals surface area contributed by atoms with E-state index in [-0.39, 0.29) is 13.2 Å². The van der Waals surface area contributed by atoms with E-state index in [0.717, 1.165) is 22.3 Å². The number of hydrogen-bond acceptors (Lipinski definition) is 6. The summed E-state index contributed by atoms with van der Waals surface area (Å²) in [6, 6.07) is 38.8. The Kier molecular flexibility index (Phi) is 9.19. The minimum atomic E-state index is -4.35. The maximum atomic E-state index is 13.2. The van der Waals surface area contributed by atoms with Crippen LogP contribution >= 0.6 is 0 Å². The fourth-order valence-electron chi connectivity index (χ4n) is 4.79. The van der Waals surface area contributed by atoms with Crippen LogP contribution in [0.3, 0.4) is 0 Å². The van der Waals surface area contributed by atoms with Gasteiger partial charge in [0.05, 0.1) is 13.2 Å². The first-order chi connectivity index (χ1) is 19.1. The molecule has 0 bridgehead atoms. The molecule has 0 spiro atoms. The minimum absolute atomic E-state index is 0.267. The van der Waals surface area contributed by atoms with Crippen LogP contribution in [0.15, 0.2) is 121 Å². The smallest absolute Gasteiger partial charge is 0.368 e. The average Bonchev–Trinajstić information content (AvgIpc) is 3.05. The van der Waals surface area contributed by atoms with E-state index in [4.69, 9.17) is 17.8 Å². The lowest BCUT2D eigenvalue weighted by Gasteiger charge is -2.33. The van der Waals surface area contributed by atoms with Crippen molar-refractivity contribution in [2.24, 2.45) is 0 Å². The third-order valence-corrected chi connectivity index (χ3v) is 7.64. The van der Waals surface area contributed by atoms with Crippen molar-refractivity contribution in [3.63, 3.8) is 0 Å². The first-order valence-corrected chi connectivity index (χ1v) is 14.4. The molecule has 4 atom stereocenters. The van der Waals surface area contributed by atoms with E-state index in [2.05, 4.69) is 0 Å². The zero-order valence-electron chi connectivity index (χ0n) is 21.5. The van der Waals surface area contributed by atoms with Gasteiger partial charge in [-0.05, 0) is 22.3 Å². The molecule has 1 heterocycles. The molecule has 202 valence electrons. The van der Waals surface area contributed by atoms with Crippen molar-refractivity contribution in [3.05, 3.63) is 144 Å². The molecular formula is C32H32O6S. The highest BCUT2D eigenvalue weighted by molar-refractivity contribution is 7.81. The molecule has 0 aromatic heterocycles. The van der Waals surface area contributed by atoms with Gasteiger partial charge in [0.2, 0.25) is 0 Å². The van der Waals surface area contributed by atoms with Crippen LogP contribution < -0.4 is 0 Å². The number of benzene rings is 4. The molecular weight excluding hydrogens is 512 g/mol. The zero-order valence-corrected chi connectivity index (χ0v) is 22.4. The van der Waals surface area contributed by atoms with Crippen LogP contribution in [0.2, 0.25) is 0 Å². The summed E-state index contributed by atoms with van der Waals surface area (Å²) in [5.41, 5.74) is 3.78. The van der Waals surface area contributed by atoms with E-state index in [9.17, 15) is 8.42 Å². The van der Waals surface area contributed by atoms with Gasteiger partial charge < -0.3 is 9.47 Å². The van der Waals surface area contributed by atoms with Crippen LogP contribution in [-0.2, 0) is 54.3 Å². The lowest BCUT2D eigenvalue weighted by atomic mass is 9.94. The molecule has 1 saturated heterocycles. The Bertz CT molecular complexity index is 1280. The molecule has 0 aliphatic carbocycles. The summed E-state index contributed by atoms with van der Waals surface area (Å²) in [6.07, 6.45) is -2.57. The first-order valence-electron chi connectivity index (χ1n) is 13.1.